The number of nitrogens with zero attached hydrogens (tertiary/aromatic N) is 3. The van der Waals surface area contributed by atoms with Crippen molar-refractivity contribution in [3.8, 4) is 0 Å². The summed E-state index contributed by atoms with van der Waals surface area (Å²) in [5.41, 5.74) is 8.14. The van der Waals surface area contributed by atoms with Crippen molar-refractivity contribution in [1.29, 1.82) is 0 Å². The van der Waals surface area contributed by atoms with E-state index >= 15 is 0 Å². The molecule has 2 aliphatic rings. The van der Waals surface area contributed by atoms with Crippen molar-refractivity contribution in [2.75, 3.05) is 52.5 Å². The van der Waals surface area contributed by atoms with Crippen molar-refractivity contribution in [1.82, 2.24) is 25.6 Å². The van der Waals surface area contributed by atoms with Crippen LogP contribution in [0.15, 0.2) is 42.0 Å². The van der Waals surface area contributed by atoms with E-state index < -0.39 is 0 Å². The van der Waals surface area contributed by atoms with Gasteiger partial charge in [0.1, 0.15) is 0 Å². The summed E-state index contributed by atoms with van der Waals surface area (Å²) < 4.78 is 5.49. The number of thiophene rings is 1. The molecular weight excluding hydrogens is 358 g/mol. The molecule has 0 radical (unpaired) electrons. The number of pyridine rings is 1. The Balaban J connectivity index is 1.40. The van der Waals surface area contributed by atoms with Gasteiger partial charge in [-0.2, -0.15) is 0 Å². The smallest absolute Gasteiger partial charge is 0.0608 e. The molecule has 2 aromatic heterocycles. The van der Waals surface area contributed by atoms with Crippen LogP contribution in [-0.4, -0.2) is 67.3 Å². The average molecular weight is 388 g/mol. The van der Waals surface area contributed by atoms with E-state index in [0.717, 1.165) is 59.0 Å². The van der Waals surface area contributed by atoms with Crippen LogP contribution in [0, 0.1) is 5.92 Å². The number of hydrogen-bond donors (Lipinski definition) is 2. The van der Waals surface area contributed by atoms with Crippen molar-refractivity contribution in [2.45, 2.75) is 12.6 Å². The summed E-state index contributed by atoms with van der Waals surface area (Å²) in [7, 11) is 0. The van der Waals surface area contributed by atoms with E-state index in [1.807, 2.05) is 29.8 Å². The number of nitrogens with one attached hydrogen (secondary N) is 2. The first-order valence-corrected chi connectivity index (χ1v) is 10.7. The predicted octanol–water partition coefficient (Wildman–Crippen LogP) is 1.74. The highest BCUT2D eigenvalue weighted by Crippen LogP contribution is 2.29. The minimum Gasteiger partial charge on any atom is -0.379 e. The number of hydrogen-bond acceptors (Lipinski definition) is 7. The van der Waals surface area contributed by atoms with Crippen LogP contribution in [0.3, 0.4) is 0 Å². The van der Waals surface area contributed by atoms with Crippen molar-refractivity contribution in [3.05, 3.63) is 52.5 Å². The van der Waals surface area contributed by atoms with Gasteiger partial charge in [-0.25, -0.2) is 5.43 Å². The van der Waals surface area contributed by atoms with E-state index in [0.29, 0.717) is 12.0 Å². The fourth-order valence-corrected chi connectivity index (χ4v) is 4.77. The maximum Gasteiger partial charge on any atom is 0.0608 e. The van der Waals surface area contributed by atoms with E-state index in [1.54, 1.807) is 0 Å². The highest BCUT2D eigenvalue weighted by Gasteiger charge is 2.30. The molecule has 27 heavy (non-hydrogen) atoms. The third-order valence-electron chi connectivity index (χ3n) is 5.40. The van der Waals surface area contributed by atoms with Crippen LogP contribution < -0.4 is 10.9 Å². The van der Waals surface area contributed by atoms with Crippen LogP contribution in [0.5, 0.6) is 0 Å². The fourth-order valence-electron chi connectivity index (χ4n) is 3.90. The molecule has 4 rings (SSSR count). The van der Waals surface area contributed by atoms with Crippen LogP contribution in [0.2, 0.25) is 0 Å². The van der Waals surface area contributed by atoms with Gasteiger partial charge in [-0.1, -0.05) is 12.1 Å². The van der Waals surface area contributed by atoms with E-state index in [9.17, 15) is 0 Å². The maximum absolute atomic E-state index is 5.49. The molecule has 2 aromatic rings. The van der Waals surface area contributed by atoms with Crippen LogP contribution in [0.1, 0.15) is 16.5 Å². The zero-order valence-electron chi connectivity index (χ0n) is 15.7. The Labute approximate surface area is 165 Å². The van der Waals surface area contributed by atoms with Gasteiger partial charge in [0, 0.05) is 69.0 Å². The molecule has 7 heteroatoms. The lowest BCUT2D eigenvalue weighted by molar-refractivity contribution is 0.0320. The van der Waals surface area contributed by atoms with Gasteiger partial charge in [-0.3, -0.25) is 20.2 Å². The molecule has 0 aromatic carbocycles. The molecule has 0 saturated carbocycles. The summed E-state index contributed by atoms with van der Waals surface area (Å²) in [5.74, 6) is 0.560. The molecule has 6 nitrogen and oxygen atoms in total. The molecule has 0 amide bonds. The zero-order chi connectivity index (χ0) is 18.3. The summed E-state index contributed by atoms with van der Waals surface area (Å²) in [6.45, 7) is 9.01. The molecule has 0 spiro atoms. The molecule has 2 atom stereocenters. The molecule has 0 aliphatic carbocycles. The molecular formula is C20H29N5OS. The Morgan fingerprint density at radius 1 is 1.26 bits per heavy atom. The SMILES string of the molecule is c1cncc(CN(CCN2CCOCC2)CC2CNNC2c2cccs2)c1. The molecule has 2 fully saturated rings. The highest BCUT2D eigenvalue weighted by molar-refractivity contribution is 7.10. The predicted molar refractivity (Wildman–Crippen MR) is 108 cm³/mol. The first-order chi connectivity index (χ1) is 13.4. The van der Waals surface area contributed by atoms with Crippen LogP contribution in [0.4, 0.5) is 0 Å². The Hall–Kier alpha value is -1.35. The molecule has 2 N–H and O–H groups in total. The van der Waals surface area contributed by atoms with Gasteiger partial charge in [0.2, 0.25) is 0 Å². The highest BCUT2D eigenvalue weighted by atomic mass is 32.1. The Morgan fingerprint density at radius 3 is 2.96 bits per heavy atom. The average Bonchev–Trinajstić information content (AvgIpc) is 3.39. The fraction of sp³-hybridized carbons (Fsp3) is 0.550. The molecule has 4 heterocycles. The number of morpholine rings is 1. The van der Waals surface area contributed by atoms with Crippen molar-refractivity contribution < 1.29 is 4.74 Å². The monoisotopic (exact) mass is 387 g/mol. The maximum atomic E-state index is 5.49. The molecule has 0 bridgehead atoms. The van der Waals surface area contributed by atoms with E-state index in [1.165, 1.54) is 10.4 Å². The van der Waals surface area contributed by atoms with E-state index in [4.69, 9.17) is 4.74 Å². The minimum atomic E-state index is 0.393. The van der Waals surface area contributed by atoms with Crippen molar-refractivity contribution >= 4 is 11.3 Å². The van der Waals surface area contributed by atoms with Gasteiger partial charge < -0.3 is 4.74 Å². The summed E-state index contributed by atoms with van der Waals surface area (Å²) >= 11 is 1.84. The minimum absolute atomic E-state index is 0.393. The summed E-state index contributed by atoms with van der Waals surface area (Å²) in [6.07, 6.45) is 3.84. The van der Waals surface area contributed by atoms with Crippen LogP contribution in [-0.2, 0) is 11.3 Å². The Kier molecular flexibility index (Phi) is 6.84. The van der Waals surface area contributed by atoms with Crippen molar-refractivity contribution in [3.63, 3.8) is 0 Å². The van der Waals surface area contributed by atoms with Crippen molar-refractivity contribution in [2.24, 2.45) is 5.92 Å². The first kappa shape index (κ1) is 19.0. The third-order valence-corrected chi connectivity index (χ3v) is 6.36. The standard InChI is InChI=1S/C20H29N5OS/c1-3-17(13-21-5-1)15-25(7-6-24-8-10-26-11-9-24)16-18-14-22-23-20(18)19-4-2-12-27-19/h1-5,12-13,18,20,22-23H,6-11,14-16H2. The van der Waals surface area contributed by atoms with Gasteiger partial charge >= 0.3 is 0 Å². The van der Waals surface area contributed by atoms with Crippen LogP contribution in [0.25, 0.3) is 0 Å². The second kappa shape index (κ2) is 9.73. The quantitative estimate of drug-likeness (QED) is 0.720. The summed E-state index contributed by atoms with van der Waals surface area (Å²) in [6, 6.07) is 8.98. The second-order valence-corrected chi connectivity index (χ2v) is 8.31. The lowest BCUT2D eigenvalue weighted by Gasteiger charge is -2.32. The van der Waals surface area contributed by atoms with Gasteiger partial charge in [0.25, 0.3) is 0 Å². The lowest BCUT2D eigenvalue weighted by atomic mass is 9.99. The Bertz CT molecular complexity index is 662. The number of ether oxygens (including phenoxy) is 1. The van der Waals surface area contributed by atoms with Crippen LogP contribution >= 0.6 is 11.3 Å². The molecule has 2 saturated heterocycles. The number of rotatable bonds is 8. The third kappa shape index (κ3) is 5.34. The first-order valence-electron chi connectivity index (χ1n) is 9.81. The van der Waals surface area contributed by atoms with Gasteiger partial charge in [0.15, 0.2) is 0 Å². The largest absolute Gasteiger partial charge is 0.379 e. The van der Waals surface area contributed by atoms with Gasteiger partial charge in [-0.05, 0) is 23.1 Å². The molecule has 2 unspecified atom stereocenters. The number of aromatic nitrogens is 1. The lowest BCUT2D eigenvalue weighted by Crippen LogP contribution is -2.42. The second-order valence-electron chi connectivity index (χ2n) is 7.33. The summed E-state index contributed by atoms with van der Waals surface area (Å²) in [4.78, 5) is 10.8. The normalized spacial score (nSPS) is 23.9. The van der Waals surface area contributed by atoms with Gasteiger partial charge in [0.05, 0.1) is 19.3 Å². The molecule has 2 aliphatic heterocycles. The zero-order valence-corrected chi connectivity index (χ0v) is 16.5. The molecule has 146 valence electrons. The van der Waals surface area contributed by atoms with E-state index in [-0.39, 0.29) is 0 Å². The van der Waals surface area contributed by atoms with E-state index in [2.05, 4.69) is 49.2 Å². The number of hydrazine groups is 1. The van der Waals surface area contributed by atoms with Gasteiger partial charge in [-0.15, -0.1) is 11.3 Å². The topological polar surface area (TPSA) is 52.7 Å². The Morgan fingerprint density at radius 2 is 2.19 bits per heavy atom. The summed E-state index contributed by atoms with van der Waals surface area (Å²) in [5, 5.41) is 2.16.